The van der Waals surface area contributed by atoms with Gasteiger partial charge in [-0.05, 0) is 29.5 Å². The molecule has 3 nitrogen and oxygen atoms in total. The molecular weight excluding hydrogens is 192 g/mol. The molecule has 0 bridgehead atoms. The predicted octanol–water partition coefficient (Wildman–Crippen LogP) is 2.81. The molecule has 1 heterocycles. The summed E-state index contributed by atoms with van der Waals surface area (Å²) >= 11 is 0. The molecule has 1 aromatic carbocycles. The summed E-state index contributed by atoms with van der Waals surface area (Å²) in [6, 6.07) is 3.71. The van der Waals surface area contributed by atoms with E-state index in [1.807, 2.05) is 6.07 Å². The number of benzene rings is 1. The molecule has 0 unspecified atom stereocenters. The molecule has 82 valence electrons. The molecule has 0 fully saturated rings. The molecule has 0 aliphatic carbocycles. The molecule has 0 spiro atoms. The topological polar surface area (TPSA) is 38.7 Å². The lowest BCUT2D eigenvalue weighted by atomic mass is 9.82. The van der Waals surface area contributed by atoms with Crippen molar-refractivity contribution in [1.82, 2.24) is 0 Å². The van der Waals surface area contributed by atoms with Gasteiger partial charge in [0.05, 0.1) is 0 Å². The van der Waals surface area contributed by atoms with Crippen molar-refractivity contribution in [1.29, 1.82) is 0 Å². The maximum atomic E-state index is 9.77. The standard InChI is InChI=1S/C12H16O3/c1-4-12(2,3)8-5-9(13)11-10(6-8)14-7-15-11/h5-6,13H,4,7H2,1-3H3. The van der Waals surface area contributed by atoms with Gasteiger partial charge < -0.3 is 14.6 Å². The normalized spacial score (nSPS) is 14.3. The fourth-order valence-corrected chi connectivity index (χ4v) is 1.59. The number of rotatable bonds is 2. The smallest absolute Gasteiger partial charge is 0.231 e. The Balaban J connectivity index is 2.48. The number of hydrogen-bond acceptors (Lipinski definition) is 3. The third kappa shape index (κ3) is 1.62. The Morgan fingerprint density at radius 3 is 2.73 bits per heavy atom. The van der Waals surface area contributed by atoms with Crippen molar-refractivity contribution >= 4 is 0 Å². The van der Waals surface area contributed by atoms with Gasteiger partial charge in [-0.3, -0.25) is 0 Å². The zero-order chi connectivity index (χ0) is 11.1. The lowest BCUT2D eigenvalue weighted by molar-refractivity contribution is 0.171. The summed E-state index contributed by atoms with van der Waals surface area (Å²) in [6.07, 6.45) is 1.01. The Labute approximate surface area is 89.6 Å². The molecular formula is C12H16O3. The second-order valence-corrected chi connectivity index (χ2v) is 4.47. The van der Waals surface area contributed by atoms with Crippen LogP contribution >= 0.6 is 0 Å². The number of ether oxygens (including phenoxy) is 2. The van der Waals surface area contributed by atoms with Gasteiger partial charge in [-0.15, -0.1) is 0 Å². The lowest BCUT2D eigenvalue weighted by Crippen LogP contribution is -2.15. The Bertz CT molecular complexity index is 383. The monoisotopic (exact) mass is 208 g/mol. The van der Waals surface area contributed by atoms with E-state index in [2.05, 4.69) is 20.8 Å². The highest BCUT2D eigenvalue weighted by molar-refractivity contribution is 5.55. The largest absolute Gasteiger partial charge is 0.504 e. The van der Waals surface area contributed by atoms with Crippen LogP contribution in [0.3, 0.4) is 0 Å². The van der Waals surface area contributed by atoms with Gasteiger partial charge in [0.15, 0.2) is 11.5 Å². The Morgan fingerprint density at radius 2 is 2.07 bits per heavy atom. The van der Waals surface area contributed by atoms with Crippen LogP contribution in [0.1, 0.15) is 32.8 Å². The maximum absolute atomic E-state index is 9.77. The highest BCUT2D eigenvalue weighted by Crippen LogP contribution is 2.44. The van der Waals surface area contributed by atoms with Crippen LogP contribution in [-0.2, 0) is 5.41 Å². The molecule has 15 heavy (non-hydrogen) atoms. The van der Waals surface area contributed by atoms with Crippen molar-refractivity contribution in [2.24, 2.45) is 0 Å². The van der Waals surface area contributed by atoms with Gasteiger partial charge in [-0.2, -0.15) is 0 Å². The van der Waals surface area contributed by atoms with Crippen molar-refractivity contribution in [3.8, 4) is 17.2 Å². The highest BCUT2D eigenvalue weighted by Gasteiger charge is 2.25. The molecule has 0 saturated carbocycles. The molecule has 2 rings (SSSR count). The van der Waals surface area contributed by atoms with E-state index in [-0.39, 0.29) is 18.0 Å². The fourth-order valence-electron chi connectivity index (χ4n) is 1.59. The number of phenols is 1. The van der Waals surface area contributed by atoms with E-state index in [1.165, 1.54) is 0 Å². The van der Waals surface area contributed by atoms with E-state index in [0.717, 1.165) is 12.0 Å². The van der Waals surface area contributed by atoms with E-state index in [4.69, 9.17) is 9.47 Å². The van der Waals surface area contributed by atoms with Crippen molar-refractivity contribution in [2.45, 2.75) is 32.6 Å². The van der Waals surface area contributed by atoms with Crippen LogP contribution in [0.5, 0.6) is 17.2 Å². The summed E-state index contributed by atoms with van der Waals surface area (Å²) in [6.45, 7) is 6.61. The summed E-state index contributed by atoms with van der Waals surface area (Å²) in [5.41, 5.74) is 1.12. The van der Waals surface area contributed by atoms with Crippen LogP contribution < -0.4 is 9.47 Å². The molecule has 0 aromatic heterocycles. The molecule has 1 aromatic rings. The summed E-state index contributed by atoms with van der Waals surface area (Å²) in [5.74, 6) is 1.28. The molecule has 3 heteroatoms. The molecule has 1 aliphatic heterocycles. The molecule has 0 atom stereocenters. The Morgan fingerprint density at radius 1 is 1.33 bits per heavy atom. The second kappa shape index (κ2) is 3.33. The van der Waals surface area contributed by atoms with Gasteiger partial charge in [-0.1, -0.05) is 20.8 Å². The molecule has 0 radical (unpaired) electrons. The van der Waals surface area contributed by atoms with Crippen molar-refractivity contribution in [3.63, 3.8) is 0 Å². The van der Waals surface area contributed by atoms with E-state index in [9.17, 15) is 5.11 Å². The Kier molecular flexibility index (Phi) is 2.25. The SMILES string of the molecule is CCC(C)(C)c1cc(O)c2c(c1)OCO2. The molecule has 0 saturated heterocycles. The van der Waals surface area contributed by atoms with E-state index < -0.39 is 0 Å². The van der Waals surface area contributed by atoms with Crippen LogP contribution in [0, 0.1) is 0 Å². The van der Waals surface area contributed by atoms with Gasteiger partial charge in [0.25, 0.3) is 0 Å². The highest BCUT2D eigenvalue weighted by atomic mass is 16.7. The van der Waals surface area contributed by atoms with Gasteiger partial charge in [0.2, 0.25) is 12.5 Å². The second-order valence-electron chi connectivity index (χ2n) is 4.47. The maximum Gasteiger partial charge on any atom is 0.231 e. The van der Waals surface area contributed by atoms with Crippen LogP contribution in [0.15, 0.2) is 12.1 Å². The Hall–Kier alpha value is -1.38. The minimum absolute atomic E-state index is 0.0401. The van der Waals surface area contributed by atoms with Gasteiger partial charge >= 0.3 is 0 Å². The van der Waals surface area contributed by atoms with Gasteiger partial charge in [0.1, 0.15) is 0 Å². The first kappa shape index (κ1) is 10.1. The first-order chi connectivity index (χ1) is 7.04. The van der Waals surface area contributed by atoms with Crippen molar-refractivity contribution in [2.75, 3.05) is 6.79 Å². The number of hydrogen-bond donors (Lipinski definition) is 1. The average Bonchev–Trinajstić information content (AvgIpc) is 2.66. The quantitative estimate of drug-likeness (QED) is 0.812. The third-order valence-corrected chi connectivity index (χ3v) is 3.12. The molecule has 1 aliphatic rings. The van der Waals surface area contributed by atoms with Crippen LogP contribution in [-0.4, -0.2) is 11.9 Å². The van der Waals surface area contributed by atoms with Crippen LogP contribution in [0.2, 0.25) is 0 Å². The van der Waals surface area contributed by atoms with E-state index in [0.29, 0.717) is 11.5 Å². The summed E-state index contributed by atoms with van der Waals surface area (Å²) < 4.78 is 10.4. The fraction of sp³-hybridized carbons (Fsp3) is 0.500. The zero-order valence-corrected chi connectivity index (χ0v) is 9.33. The first-order valence-electron chi connectivity index (χ1n) is 5.17. The predicted molar refractivity (Wildman–Crippen MR) is 57.5 cm³/mol. The number of fused-ring (bicyclic) bond motifs is 1. The summed E-state index contributed by atoms with van der Waals surface area (Å²) in [5, 5.41) is 9.77. The zero-order valence-electron chi connectivity index (χ0n) is 9.33. The summed E-state index contributed by atoms with van der Waals surface area (Å²) in [7, 11) is 0. The lowest BCUT2D eigenvalue weighted by Gasteiger charge is -2.23. The molecule has 0 amide bonds. The van der Waals surface area contributed by atoms with Gasteiger partial charge in [0, 0.05) is 0 Å². The van der Waals surface area contributed by atoms with Crippen molar-refractivity contribution in [3.05, 3.63) is 17.7 Å². The summed E-state index contributed by atoms with van der Waals surface area (Å²) in [4.78, 5) is 0. The first-order valence-corrected chi connectivity index (χ1v) is 5.17. The average molecular weight is 208 g/mol. The van der Waals surface area contributed by atoms with E-state index >= 15 is 0 Å². The number of phenolic OH excluding ortho intramolecular Hbond substituents is 1. The van der Waals surface area contributed by atoms with Crippen LogP contribution in [0.4, 0.5) is 0 Å². The third-order valence-electron chi connectivity index (χ3n) is 3.12. The molecule has 1 N–H and O–H groups in total. The number of aromatic hydroxyl groups is 1. The minimum atomic E-state index is 0.0401. The van der Waals surface area contributed by atoms with Crippen LogP contribution in [0.25, 0.3) is 0 Å². The van der Waals surface area contributed by atoms with Crippen molar-refractivity contribution < 1.29 is 14.6 Å². The minimum Gasteiger partial charge on any atom is -0.504 e. The van der Waals surface area contributed by atoms with Gasteiger partial charge in [-0.25, -0.2) is 0 Å². The van der Waals surface area contributed by atoms with E-state index in [1.54, 1.807) is 6.07 Å².